The SMILES string of the molecule is COc1cc(/C=N/NC(=O)c2ccc(CSc3nc4ccccc4s3)cc2)ccc1O. The third-order valence-electron chi connectivity index (χ3n) is 4.44. The normalized spacial score (nSPS) is 11.1. The van der Waals surface area contributed by atoms with Gasteiger partial charge in [0.25, 0.3) is 5.91 Å². The van der Waals surface area contributed by atoms with E-state index in [4.69, 9.17) is 4.74 Å². The molecule has 31 heavy (non-hydrogen) atoms. The van der Waals surface area contributed by atoms with Gasteiger partial charge in [-0.25, -0.2) is 10.4 Å². The topological polar surface area (TPSA) is 83.8 Å². The van der Waals surface area contributed by atoms with Gasteiger partial charge in [0.05, 0.1) is 23.5 Å². The molecule has 4 rings (SSSR count). The monoisotopic (exact) mass is 449 g/mol. The number of ether oxygens (including phenoxy) is 1. The Bertz CT molecular complexity index is 1200. The molecule has 0 bridgehead atoms. The molecule has 2 N–H and O–H groups in total. The molecule has 0 fully saturated rings. The maximum Gasteiger partial charge on any atom is 0.271 e. The van der Waals surface area contributed by atoms with Crippen LogP contribution in [-0.4, -0.2) is 29.3 Å². The van der Waals surface area contributed by atoms with Crippen LogP contribution < -0.4 is 10.2 Å². The summed E-state index contributed by atoms with van der Waals surface area (Å²) < 4.78 is 7.27. The summed E-state index contributed by atoms with van der Waals surface area (Å²) in [5, 5.41) is 13.6. The number of aromatic nitrogens is 1. The van der Waals surface area contributed by atoms with E-state index in [2.05, 4.69) is 21.6 Å². The van der Waals surface area contributed by atoms with Crippen molar-refractivity contribution in [2.75, 3.05) is 7.11 Å². The minimum atomic E-state index is -0.299. The Hall–Kier alpha value is -3.36. The molecule has 0 spiro atoms. The number of aromatic hydroxyl groups is 1. The maximum atomic E-state index is 12.3. The molecule has 0 radical (unpaired) electrons. The number of fused-ring (bicyclic) bond motifs is 1. The van der Waals surface area contributed by atoms with E-state index < -0.39 is 0 Å². The first-order valence-electron chi connectivity index (χ1n) is 9.40. The number of phenolic OH excluding ortho intramolecular Hbond substituents is 1. The number of benzene rings is 3. The van der Waals surface area contributed by atoms with Crippen LogP contribution in [0.4, 0.5) is 0 Å². The van der Waals surface area contributed by atoms with Crippen molar-refractivity contribution >= 4 is 45.4 Å². The van der Waals surface area contributed by atoms with Gasteiger partial charge in [0.2, 0.25) is 0 Å². The van der Waals surface area contributed by atoms with Crippen LogP contribution in [0, 0.1) is 0 Å². The Morgan fingerprint density at radius 1 is 1.19 bits per heavy atom. The first-order chi connectivity index (χ1) is 15.1. The van der Waals surface area contributed by atoms with Gasteiger partial charge < -0.3 is 9.84 Å². The van der Waals surface area contributed by atoms with Crippen molar-refractivity contribution in [1.82, 2.24) is 10.4 Å². The van der Waals surface area contributed by atoms with Gasteiger partial charge in [0.1, 0.15) is 0 Å². The van der Waals surface area contributed by atoms with Gasteiger partial charge in [0.15, 0.2) is 15.8 Å². The van der Waals surface area contributed by atoms with Crippen molar-refractivity contribution in [3.05, 3.63) is 83.4 Å². The van der Waals surface area contributed by atoms with Gasteiger partial charge in [-0.05, 0) is 53.6 Å². The second kappa shape index (κ2) is 9.63. The smallest absolute Gasteiger partial charge is 0.271 e. The van der Waals surface area contributed by atoms with Crippen LogP contribution >= 0.6 is 23.1 Å². The number of carbonyl (C=O) groups excluding carboxylic acids is 1. The van der Waals surface area contributed by atoms with E-state index >= 15 is 0 Å². The predicted molar refractivity (Wildman–Crippen MR) is 125 cm³/mol. The minimum Gasteiger partial charge on any atom is -0.504 e. The highest BCUT2D eigenvalue weighted by molar-refractivity contribution is 8.00. The van der Waals surface area contributed by atoms with Crippen LogP contribution in [-0.2, 0) is 5.75 Å². The number of thiazole rings is 1. The number of hydrogen-bond donors (Lipinski definition) is 2. The summed E-state index contributed by atoms with van der Waals surface area (Å²) in [7, 11) is 1.47. The van der Waals surface area contributed by atoms with E-state index in [1.54, 1.807) is 47.4 Å². The Morgan fingerprint density at radius 3 is 2.77 bits per heavy atom. The number of methoxy groups -OCH3 is 1. The van der Waals surface area contributed by atoms with Crippen molar-refractivity contribution in [2.24, 2.45) is 5.10 Å². The molecule has 1 amide bonds. The molecule has 0 saturated heterocycles. The fourth-order valence-electron chi connectivity index (χ4n) is 2.81. The summed E-state index contributed by atoms with van der Waals surface area (Å²) in [4.78, 5) is 16.9. The lowest BCUT2D eigenvalue weighted by atomic mass is 10.1. The van der Waals surface area contributed by atoms with Crippen molar-refractivity contribution in [2.45, 2.75) is 10.1 Å². The lowest BCUT2D eigenvalue weighted by molar-refractivity contribution is 0.0955. The first kappa shape index (κ1) is 20.9. The fourth-order valence-corrected chi connectivity index (χ4v) is 4.84. The molecular weight excluding hydrogens is 430 g/mol. The van der Waals surface area contributed by atoms with Crippen LogP contribution in [0.3, 0.4) is 0 Å². The average Bonchev–Trinajstić information content (AvgIpc) is 3.22. The Labute approximate surface area is 187 Å². The second-order valence-corrected chi connectivity index (χ2v) is 8.82. The van der Waals surface area contributed by atoms with Gasteiger partial charge in [-0.15, -0.1) is 11.3 Å². The number of hydrazone groups is 1. The number of thioether (sulfide) groups is 1. The molecule has 4 aromatic rings. The quantitative estimate of drug-likeness (QED) is 0.234. The predicted octanol–water partition coefficient (Wildman–Crippen LogP) is 5.07. The van der Waals surface area contributed by atoms with Crippen LogP contribution in [0.1, 0.15) is 21.5 Å². The second-order valence-electron chi connectivity index (χ2n) is 6.56. The molecule has 156 valence electrons. The number of nitrogens with one attached hydrogen (secondary N) is 1. The third kappa shape index (κ3) is 5.22. The minimum absolute atomic E-state index is 0.0464. The van der Waals surface area contributed by atoms with Crippen molar-refractivity contribution < 1.29 is 14.6 Å². The lowest BCUT2D eigenvalue weighted by Gasteiger charge is -2.04. The maximum absolute atomic E-state index is 12.3. The molecule has 0 atom stereocenters. The standard InChI is InChI=1S/C23H19N3O3S2/c1-29-20-12-16(8-11-19(20)27)13-24-26-22(28)17-9-6-15(7-10-17)14-30-23-25-18-4-2-3-5-21(18)31-23/h2-13,27H,14H2,1H3,(H,26,28)/b24-13+. The van der Waals surface area contributed by atoms with Crippen LogP contribution in [0.5, 0.6) is 11.5 Å². The fraction of sp³-hybridized carbons (Fsp3) is 0.0870. The first-order valence-corrected chi connectivity index (χ1v) is 11.2. The Balaban J connectivity index is 1.32. The molecule has 0 aliphatic rings. The van der Waals surface area contributed by atoms with E-state index in [1.807, 2.05) is 30.3 Å². The van der Waals surface area contributed by atoms with Crippen molar-refractivity contribution in [3.63, 3.8) is 0 Å². The molecule has 0 saturated carbocycles. The van der Waals surface area contributed by atoms with E-state index in [0.29, 0.717) is 16.9 Å². The molecule has 1 heterocycles. The van der Waals surface area contributed by atoms with Gasteiger partial charge in [0, 0.05) is 11.3 Å². The molecule has 3 aromatic carbocycles. The number of amides is 1. The zero-order valence-corrected chi connectivity index (χ0v) is 18.2. The van der Waals surface area contributed by atoms with E-state index in [-0.39, 0.29) is 11.7 Å². The molecule has 0 unspecified atom stereocenters. The largest absolute Gasteiger partial charge is 0.504 e. The number of nitrogens with zero attached hydrogens (tertiary/aromatic N) is 2. The average molecular weight is 450 g/mol. The number of carbonyl (C=O) groups is 1. The van der Waals surface area contributed by atoms with E-state index in [0.717, 1.165) is 21.2 Å². The summed E-state index contributed by atoms with van der Waals surface area (Å²) >= 11 is 3.37. The molecular formula is C23H19N3O3S2. The molecule has 1 aromatic heterocycles. The third-order valence-corrected chi connectivity index (χ3v) is 6.69. The van der Waals surface area contributed by atoms with Crippen LogP contribution in [0.2, 0.25) is 0 Å². The Kier molecular flexibility index (Phi) is 6.49. The molecule has 6 nitrogen and oxygen atoms in total. The van der Waals surface area contributed by atoms with Gasteiger partial charge >= 0.3 is 0 Å². The number of phenols is 1. The summed E-state index contributed by atoms with van der Waals surface area (Å²) in [5.41, 5.74) is 5.85. The number of para-hydroxylation sites is 1. The number of hydrogen-bond acceptors (Lipinski definition) is 7. The van der Waals surface area contributed by atoms with Gasteiger partial charge in [-0.2, -0.15) is 5.10 Å². The highest BCUT2D eigenvalue weighted by atomic mass is 32.2. The number of rotatable bonds is 7. The highest BCUT2D eigenvalue weighted by Crippen LogP contribution is 2.31. The molecule has 8 heteroatoms. The summed E-state index contributed by atoms with van der Waals surface area (Å²) in [5.74, 6) is 0.870. The zero-order valence-electron chi connectivity index (χ0n) is 16.6. The van der Waals surface area contributed by atoms with Crippen LogP contribution in [0.15, 0.2) is 76.2 Å². The Morgan fingerprint density at radius 2 is 2.00 bits per heavy atom. The van der Waals surface area contributed by atoms with Gasteiger partial charge in [-0.1, -0.05) is 36.0 Å². The van der Waals surface area contributed by atoms with Crippen molar-refractivity contribution in [1.29, 1.82) is 0 Å². The molecule has 0 aliphatic heterocycles. The summed E-state index contributed by atoms with van der Waals surface area (Å²) in [6, 6.07) is 20.3. The molecule has 0 aliphatic carbocycles. The zero-order chi connectivity index (χ0) is 21.6. The van der Waals surface area contributed by atoms with Crippen molar-refractivity contribution in [3.8, 4) is 11.5 Å². The van der Waals surface area contributed by atoms with Gasteiger partial charge in [-0.3, -0.25) is 4.79 Å². The lowest BCUT2D eigenvalue weighted by Crippen LogP contribution is -2.17. The van der Waals surface area contributed by atoms with E-state index in [1.165, 1.54) is 24.1 Å². The summed E-state index contributed by atoms with van der Waals surface area (Å²) in [6.45, 7) is 0. The highest BCUT2D eigenvalue weighted by Gasteiger charge is 2.07. The summed E-state index contributed by atoms with van der Waals surface area (Å²) in [6.07, 6.45) is 1.49. The van der Waals surface area contributed by atoms with Crippen LogP contribution in [0.25, 0.3) is 10.2 Å². The van der Waals surface area contributed by atoms with E-state index in [9.17, 15) is 9.90 Å².